The van der Waals surface area contributed by atoms with Gasteiger partial charge in [0.05, 0.1) is 6.07 Å². The standard InChI is InChI=1S/C19H38N2O2S/c1-3-5-7-9-11-13-15-17-21-24(22,23)19(18-20)16-14-12-10-8-6-4-2/h19,21H,3-17H2,1-2H3. The van der Waals surface area contributed by atoms with Gasteiger partial charge in [-0.2, -0.15) is 5.26 Å². The zero-order valence-electron chi connectivity index (χ0n) is 15.9. The summed E-state index contributed by atoms with van der Waals surface area (Å²) < 4.78 is 27.0. The minimum atomic E-state index is -3.48. The largest absolute Gasteiger partial charge is 0.227 e. The molecular weight excluding hydrogens is 320 g/mol. The van der Waals surface area contributed by atoms with E-state index in [0.717, 1.165) is 32.1 Å². The molecule has 0 radical (unpaired) electrons. The van der Waals surface area contributed by atoms with Gasteiger partial charge in [0.25, 0.3) is 0 Å². The second kappa shape index (κ2) is 15.9. The predicted octanol–water partition coefficient (Wildman–Crippen LogP) is 5.30. The van der Waals surface area contributed by atoms with Crippen molar-refractivity contribution in [3.05, 3.63) is 0 Å². The molecule has 0 fully saturated rings. The molecule has 1 atom stereocenters. The molecule has 142 valence electrons. The fourth-order valence-corrected chi connectivity index (χ4v) is 4.04. The van der Waals surface area contributed by atoms with E-state index in [0.29, 0.717) is 13.0 Å². The lowest BCUT2D eigenvalue weighted by molar-refractivity contribution is 0.547. The normalized spacial score (nSPS) is 12.9. The molecule has 0 spiro atoms. The van der Waals surface area contributed by atoms with Crippen molar-refractivity contribution < 1.29 is 8.42 Å². The summed E-state index contributed by atoms with van der Waals surface area (Å²) in [7, 11) is -3.48. The molecule has 0 aliphatic carbocycles. The van der Waals surface area contributed by atoms with E-state index < -0.39 is 15.3 Å². The minimum absolute atomic E-state index is 0.453. The van der Waals surface area contributed by atoms with Crippen LogP contribution in [0.4, 0.5) is 0 Å². The van der Waals surface area contributed by atoms with Crippen molar-refractivity contribution in [2.75, 3.05) is 6.54 Å². The third-order valence-electron chi connectivity index (χ3n) is 4.42. The summed E-state index contributed by atoms with van der Waals surface area (Å²) in [6, 6.07) is 1.97. The van der Waals surface area contributed by atoms with E-state index in [1.54, 1.807) is 0 Å². The topological polar surface area (TPSA) is 70.0 Å². The highest BCUT2D eigenvalue weighted by molar-refractivity contribution is 7.90. The molecule has 0 heterocycles. The number of nitrogens with zero attached hydrogens (tertiary/aromatic N) is 1. The van der Waals surface area contributed by atoms with Crippen LogP contribution in [0.15, 0.2) is 0 Å². The second-order valence-corrected chi connectivity index (χ2v) is 8.68. The van der Waals surface area contributed by atoms with Crippen LogP contribution in [0.5, 0.6) is 0 Å². The first kappa shape index (κ1) is 23.4. The zero-order valence-corrected chi connectivity index (χ0v) is 16.7. The lowest BCUT2D eigenvalue weighted by Gasteiger charge is -2.12. The molecule has 0 aromatic heterocycles. The Balaban J connectivity index is 3.82. The molecule has 0 rings (SSSR count). The molecule has 4 nitrogen and oxygen atoms in total. The lowest BCUT2D eigenvalue weighted by Crippen LogP contribution is -2.34. The Hall–Kier alpha value is -0.600. The van der Waals surface area contributed by atoms with E-state index in [2.05, 4.69) is 18.6 Å². The number of sulfonamides is 1. The van der Waals surface area contributed by atoms with Crippen molar-refractivity contribution in [1.82, 2.24) is 4.72 Å². The number of rotatable bonds is 17. The molecule has 0 amide bonds. The Labute approximate surface area is 150 Å². The van der Waals surface area contributed by atoms with E-state index >= 15 is 0 Å². The van der Waals surface area contributed by atoms with E-state index in [1.807, 2.05) is 6.07 Å². The first-order valence-corrected chi connectivity index (χ1v) is 11.5. The van der Waals surface area contributed by atoms with Crippen molar-refractivity contribution in [2.24, 2.45) is 0 Å². The van der Waals surface area contributed by atoms with Crippen molar-refractivity contribution in [3.8, 4) is 6.07 Å². The molecule has 0 aliphatic heterocycles. The third-order valence-corrected chi connectivity index (χ3v) is 6.12. The van der Waals surface area contributed by atoms with Gasteiger partial charge in [-0.3, -0.25) is 0 Å². The van der Waals surface area contributed by atoms with Gasteiger partial charge in [0.15, 0.2) is 5.25 Å². The van der Waals surface area contributed by atoms with Gasteiger partial charge in [-0.05, 0) is 12.8 Å². The number of hydrogen-bond donors (Lipinski definition) is 1. The molecule has 1 unspecified atom stereocenters. The first-order valence-electron chi connectivity index (χ1n) is 9.96. The summed E-state index contributed by atoms with van der Waals surface area (Å²) >= 11 is 0. The minimum Gasteiger partial charge on any atom is -0.214 e. The molecule has 0 aromatic rings. The highest BCUT2D eigenvalue weighted by Gasteiger charge is 2.23. The molecule has 5 heteroatoms. The Bertz CT molecular complexity index is 416. The Kier molecular flexibility index (Phi) is 15.5. The highest BCUT2D eigenvalue weighted by atomic mass is 32.2. The van der Waals surface area contributed by atoms with Gasteiger partial charge in [-0.25, -0.2) is 13.1 Å². The summed E-state index contributed by atoms with van der Waals surface area (Å²) in [5, 5.41) is 8.26. The van der Waals surface area contributed by atoms with Crippen LogP contribution in [0.3, 0.4) is 0 Å². The van der Waals surface area contributed by atoms with Crippen LogP contribution < -0.4 is 4.72 Å². The van der Waals surface area contributed by atoms with Crippen molar-refractivity contribution in [3.63, 3.8) is 0 Å². The van der Waals surface area contributed by atoms with Gasteiger partial charge in [0, 0.05) is 6.54 Å². The summed E-state index contributed by atoms with van der Waals surface area (Å²) in [5.41, 5.74) is 0. The Morgan fingerprint density at radius 3 is 1.75 bits per heavy atom. The number of nitriles is 1. The van der Waals surface area contributed by atoms with Gasteiger partial charge in [0.2, 0.25) is 10.0 Å². The van der Waals surface area contributed by atoms with Crippen molar-refractivity contribution in [1.29, 1.82) is 5.26 Å². The second-order valence-electron chi connectivity index (χ2n) is 6.73. The van der Waals surface area contributed by atoms with Gasteiger partial charge in [-0.15, -0.1) is 0 Å². The lowest BCUT2D eigenvalue weighted by atomic mass is 10.1. The van der Waals surface area contributed by atoms with E-state index in [-0.39, 0.29) is 0 Å². The number of unbranched alkanes of at least 4 members (excludes halogenated alkanes) is 11. The molecule has 0 saturated heterocycles. The quantitative estimate of drug-likeness (QED) is 0.359. The predicted molar refractivity (Wildman–Crippen MR) is 102 cm³/mol. The van der Waals surface area contributed by atoms with Crippen LogP contribution in [0.1, 0.15) is 104 Å². The van der Waals surface area contributed by atoms with Gasteiger partial charge < -0.3 is 0 Å². The highest BCUT2D eigenvalue weighted by Crippen LogP contribution is 2.13. The fourth-order valence-electron chi connectivity index (χ4n) is 2.80. The van der Waals surface area contributed by atoms with Crippen LogP contribution >= 0.6 is 0 Å². The smallest absolute Gasteiger partial charge is 0.214 e. The molecule has 24 heavy (non-hydrogen) atoms. The van der Waals surface area contributed by atoms with Crippen LogP contribution in [0.2, 0.25) is 0 Å². The van der Waals surface area contributed by atoms with Gasteiger partial charge in [0.1, 0.15) is 0 Å². The van der Waals surface area contributed by atoms with Crippen LogP contribution in [-0.2, 0) is 10.0 Å². The van der Waals surface area contributed by atoms with E-state index in [4.69, 9.17) is 5.26 Å². The first-order chi connectivity index (χ1) is 11.6. The molecular formula is C19H38N2O2S. The average Bonchev–Trinajstić information content (AvgIpc) is 2.56. The fraction of sp³-hybridized carbons (Fsp3) is 0.947. The molecule has 0 saturated carbocycles. The Morgan fingerprint density at radius 2 is 1.25 bits per heavy atom. The molecule has 1 N–H and O–H groups in total. The summed E-state index contributed by atoms with van der Waals surface area (Å²) in [6.45, 7) is 4.84. The maximum atomic E-state index is 12.2. The molecule has 0 aliphatic rings. The molecule has 0 aromatic carbocycles. The van der Waals surface area contributed by atoms with Crippen molar-refractivity contribution in [2.45, 2.75) is 109 Å². The van der Waals surface area contributed by atoms with Crippen LogP contribution in [0, 0.1) is 11.3 Å². The zero-order chi connectivity index (χ0) is 18.1. The summed E-state index contributed by atoms with van der Waals surface area (Å²) in [4.78, 5) is 0. The summed E-state index contributed by atoms with van der Waals surface area (Å²) in [6.07, 6.45) is 15.2. The monoisotopic (exact) mass is 358 g/mol. The third kappa shape index (κ3) is 12.8. The maximum Gasteiger partial charge on any atom is 0.227 e. The summed E-state index contributed by atoms with van der Waals surface area (Å²) in [5.74, 6) is 0. The van der Waals surface area contributed by atoms with E-state index in [1.165, 1.54) is 51.4 Å². The molecule has 0 bridgehead atoms. The maximum absolute atomic E-state index is 12.2. The Morgan fingerprint density at radius 1 is 0.792 bits per heavy atom. The number of hydrogen-bond acceptors (Lipinski definition) is 3. The van der Waals surface area contributed by atoms with Gasteiger partial charge >= 0.3 is 0 Å². The van der Waals surface area contributed by atoms with Crippen LogP contribution in [-0.4, -0.2) is 20.2 Å². The van der Waals surface area contributed by atoms with Crippen molar-refractivity contribution >= 4 is 10.0 Å². The SMILES string of the molecule is CCCCCCCCCNS(=O)(=O)C(C#N)CCCCCCCC. The average molecular weight is 359 g/mol. The van der Waals surface area contributed by atoms with Gasteiger partial charge in [-0.1, -0.05) is 90.9 Å². The van der Waals surface area contributed by atoms with E-state index in [9.17, 15) is 8.42 Å². The number of nitrogens with one attached hydrogen (secondary N) is 1. The van der Waals surface area contributed by atoms with Crippen LogP contribution in [0.25, 0.3) is 0 Å².